The first-order valence-electron chi connectivity index (χ1n) is 15.4. The van der Waals surface area contributed by atoms with Crippen LogP contribution in [0.2, 0.25) is 10.0 Å². The molecule has 254 valence electrons. The van der Waals surface area contributed by atoms with Crippen molar-refractivity contribution in [1.82, 2.24) is 10.2 Å². The summed E-state index contributed by atoms with van der Waals surface area (Å²) in [5.41, 5.74) is 1.71. The number of carbonyl (C=O) groups excluding carboxylic acids is 2. The molecule has 0 radical (unpaired) electrons. The van der Waals surface area contributed by atoms with E-state index in [1.54, 1.807) is 48.5 Å². The number of benzene rings is 4. The first-order chi connectivity index (χ1) is 23.1. The van der Waals surface area contributed by atoms with E-state index in [4.69, 9.17) is 32.7 Å². The SMILES string of the molecule is CCCCNC(=O)C(Cc1ccccc1)N(Cc1ccc(Cl)c(Cl)c1)C(=O)CN(c1ccccc1)S(=O)(=O)c1ccc(OC)c(OC)c1. The summed E-state index contributed by atoms with van der Waals surface area (Å²) in [5.74, 6) is -0.384. The van der Waals surface area contributed by atoms with Crippen LogP contribution >= 0.6 is 23.2 Å². The van der Waals surface area contributed by atoms with Crippen LogP contribution in [-0.2, 0) is 32.6 Å². The average molecular weight is 713 g/mol. The van der Waals surface area contributed by atoms with Crippen LogP contribution in [0.3, 0.4) is 0 Å². The number of methoxy groups -OCH3 is 2. The van der Waals surface area contributed by atoms with Crippen molar-refractivity contribution in [2.75, 3.05) is 31.6 Å². The number of hydrogen-bond donors (Lipinski definition) is 1. The molecule has 0 saturated heterocycles. The smallest absolute Gasteiger partial charge is 0.264 e. The fraction of sp³-hybridized carbons (Fsp3) is 0.278. The third-order valence-electron chi connectivity index (χ3n) is 7.70. The summed E-state index contributed by atoms with van der Waals surface area (Å²) in [4.78, 5) is 29.8. The van der Waals surface area contributed by atoms with Gasteiger partial charge in [0, 0.05) is 25.6 Å². The van der Waals surface area contributed by atoms with Crippen LogP contribution < -0.4 is 19.1 Å². The van der Waals surface area contributed by atoms with E-state index >= 15 is 0 Å². The van der Waals surface area contributed by atoms with Crippen molar-refractivity contribution < 1.29 is 27.5 Å². The van der Waals surface area contributed by atoms with Gasteiger partial charge in [-0.2, -0.15) is 0 Å². The molecule has 48 heavy (non-hydrogen) atoms. The minimum Gasteiger partial charge on any atom is -0.493 e. The van der Waals surface area contributed by atoms with Gasteiger partial charge in [-0.1, -0.05) is 91.1 Å². The zero-order chi connectivity index (χ0) is 34.7. The highest BCUT2D eigenvalue weighted by Crippen LogP contribution is 2.32. The van der Waals surface area contributed by atoms with E-state index in [0.29, 0.717) is 22.9 Å². The second kappa shape index (κ2) is 17.2. The molecule has 0 spiro atoms. The van der Waals surface area contributed by atoms with Gasteiger partial charge in [-0.15, -0.1) is 0 Å². The topological polar surface area (TPSA) is 105 Å². The number of nitrogens with zero attached hydrogens (tertiary/aromatic N) is 2. The third-order valence-corrected chi connectivity index (χ3v) is 10.2. The van der Waals surface area contributed by atoms with Gasteiger partial charge in [0.1, 0.15) is 12.6 Å². The van der Waals surface area contributed by atoms with E-state index in [1.807, 2.05) is 37.3 Å². The Morgan fingerprint density at radius 2 is 1.48 bits per heavy atom. The monoisotopic (exact) mass is 711 g/mol. The van der Waals surface area contributed by atoms with Gasteiger partial charge >= 0.3 is 0 Å². The van der Waals surface area contributed by atoms with E-state index in [0.717, 1.165) is 22.7 Å². The molecule has 0 heterocycles. The molecule has 1 N–H and O–H groups in total. The lowest BCUT2D eigenvalue weighted by atomic mass is 10.0. The largest absolute Gasteiger partial charge is 0.493 e. The predicted molar refractivity (Wildman–Crippen MR) is 189 cm³/mol. The van der Waals surface area contributed by atoms with Crippen LogP contribution in [0.15, 0.2) is 102 Å². The van der Waals surface area contributed by atoms with Crippen LogP contribution in [0.5, 0.6) is 11.5 Å². The van der Waals surface area contributed by atoms with Crippen LogP contribution in [0, 0.1) is 0 Å². The lowest BCUT2D eigenvalue weighted by Crippen LogP contribution is -2.53. The Morgan fingerprint density at radius 3 is 2.10 bits per heavy atom. The van der Waals surface area contributed by atoms with Crippen LogP contribution in [0.1, 0.15) is 30.9 Å². The number of nitrogens with one attached hydrogen (secondary N) is 1. The maximum atomic E-state index is 14.6. The lowest BCUT2D eigenvalue weighted by Gasteiger charge is -2.34. The molecule has 12 heteroatoms. The minimum absolute atomic E-state index is 0.0343. The quantitative estimate of drug-likeness (QED) is 0.129. The van der Waals surface area contributed by atoms with Crippen LogP contribution in [-0.4, -0.2) is 58.5 Å². The number of anilines is 1. The van der Waals surface area contributed by atoms with Gasteiger partial charge in [-0.3, -0.25) is 13.9 Å². The van der Waals surface area contributed by atoms with Gasteiger partial charge in [-0.25, -0.2) is 8.42 Å². The van der Waals surface area contributed by atoms with Crippen molar-refractivity contribution in [2.45, 2.75) is 43.7 Å². The highest BCUT2D eigenvalue weighted by Gasteiger charge is 2.35. The summed E-state index contributed by atoms with van der Waals surface area (Å²) >= 11 is 12.5. The highest BCUT2D eigenvalue weighted by atomic mass is 35.5. The Balaban J connectivity index is 1.81. The van der Waals surface area contributed by atoms with Crippen molar-refractivity contribution in [3.8, 4) is 11.5 Å². The lowest BCUT2D eigenvalue weighted by molar-refractivity contribution is -0.140. The zero-order valence-electron chi connectivity index (χ0n) is 27.1. The molecule has 0 saturated carbocycles. The molecule has 1 unspecified atom stereocenters. The molecule has 9 nitrogen and oxygen atoms in total. The van der Waals surface area contributed by atoms with Crippen molar-refractivity contribution in [2.24, 2.45) is 0 Å². The fourth-order valence-corrected chi connectivity index (χ4v) is 6.87. The highest BCUT2D eigenvalue weighted by molar-refractivity contribution is 7.92. The van der Waals surface area contributed by atoms with Crippen LogP contribution in [0.25, 0.3) is 0 Å². The van der Waals surface area contributed by atoms with E-state index in [-0.39, 0.29) is 40.2 Å². The van der Waals surface area contributed by atoms with Crippen molar-refractivity contribution >= 4 is 50.7 Å². The first-order valence-corrected chi connectivity index (χ1v) is 17.6. The van der Waals surface area contributed by atoms with Gasteiger partial charge in [0.25, 0.3) is 10.0 Å². The normalized spacial score (nSPS) is 11.8. The van der Waals surface area contributed by atoms with Gasteiger partial charge in [0.05, 0.1) is 34.8 Å². The number of amides is 2. The van der Waals surface area contributed by atoms with Crippen molar-refractivity contribution in [3.63, 3.8) is 0 Å². The van der Waals surface area contributed by atoms with Crippen LogP contribution in [0.4, 0.5) is 5.69 Å². The van der Waals surface area contributed by atoms with Gasteiger partial charge in [0.2, 0.25) is 11.8 Å². The Morgan fingerprint density at radius 1 is 0.812 bits per heavy atom. The molecule has 4 aromatic carbocycles. The second-order valence-electron chi connectivity index (χ2n) is 11.0. The number of carbonyl (C=O) groups is 2. The van der Waals surface area contributed by atoms with E-state index in [2.05, 4.69) is 5.32 Å². The summed E-state index contributed by atoms with van der Waals surface area (Å²) in [6, 6.07) is 25.9. The standard InChI is InChI=1S/C36H39Cl2N3O6S/c1-4-5-20-39-36(43)32(22-26-12-8-6-9-13-26)40(24-27-16-18-30(37)31(38)21-27)35(42)25-41(28-14-10-7-11-15-28)48(44,45)29-17-19-33(46-2)34(23-29)47-3/h6-19,21,23,32H,4-5,20,22,24-25H2,1-3H3,(H,39,43). The average Bonchev–Trinajstić information content (AvgIpc) is 3.10. The minimum atomic E-state index is -4.34. The molecular weight excluding hydrogens is 673 g/mol. The molecule has 4 aromatic rings. The summed E-state index contributed by atoms with van der Waals surface area (Å²) in [6.07, 6.45) is 1.82. The number of ether oxygens (including phenoxy) is 2. The molecule has 4 rings (SSSR count). The molecular formula is C36H39Cl2N3O6S. The molecule has 0 aliphatic rings. The summed E-state index contributed by atoms with van der Waals surface area (Å²) in [7, 11) is -1.48. The number of unbranched alkanes of at least 4 members (excludes halogenated alkanes) is 1. The van der Waals surface area contributed by atoms with Gasteiger partial charge < -0.3 is 19.7 Å². The zero-order valence-corrected chi connectivity index (χ0v) is 29.4. The fourth-order valence-electron chi connectivity index (χ4n) is 5.12. The Labute approximate surface area is 292 Å². The molecule has 0 aromatic heterocycles. The second-order valence-corrected chi connectivity index (χ2v) is 13.7. The molecule has 0 fully saturated rings. The van der Waals surface area contributed by atoms with E-state index < -0.39 is 28.5 Å². The van der Waals surface area contributed by atoms with E-state index in [1.165, 1.54) is 37.3 Å². The molecule has 1 atom stereocenters. The number of sulfonamides is 1. The predicted octanol–water partition coefficient (Wildman–Crippen LogP) is 6.76. The Bertz CT molecular complexity index is 1790. The summed E-state index contributed by atoms with van der Waals surface area (Å²) in [6.45, 7) is 1.81. The number of rotatable bonds is 16. The first kappa shape index (κ1) is 36.6. The molecule has 0 aliphatic carbocycles. The Kier molecular flexibility index (Phi) is 13.1. The molecule has 2 amide bonds. The third kappa shape index (κ3) is 9.21. The summed E-state index contributed by atoms with van der Waals surface area (Å²) < 4.78 is 40.3. The van der Waals surface area contributed by atoms with Gasteiger partial charge in [-0.05, 0) is 53.9 Å². The summed E-state index contributed by atoms with van der Waals surface area (Å²) in [5, 5.41) is 3.60. The maximum absolute atomic E-state index is 14.6. The number of halogens is 2. The number of para-hydroxylation sites is 1. The van der Waals surface area contributed by atoms with Crippen molar-refractivity contribution in [3.05, 3.63) is 118 Å². The van der Waals surface area contributed by atoms with Crippen molar-refractivity contribution in [1.29, 1.82) is 0 Å². The molecule has 0 aliphatic heterocycles. The molecule has 0 bridgehead atoms. The Hall–Kier alpha value is -4.25. The van der Waals surface area contributed by atoms with Gasteiger partial charge in [0.15, 0.2) is 11.5 Å². The van der Waals surface area contributed by atoms with E-state index in [9.17, 15) is 18.0 Å². The maximum Gasteiger partial charge on any atom is 0.264 e. The number of hydrogen-bond acceptors (Lipinski definition) is 6.